The predicted octanol–water partition coefficient (Wildman–Crippen LogP) is 2.66. The standard InChI is InChI=1S/C7H9BrN2S/c1-3-11-7-4-6(8)9-5(2)10-7/h4H,3H2,1-2H3. The van der Waals surface area contributed by atoms with Crippen LogP contribution in [0, 0.1) is 6.92 Å². The van der Waals surface area contributed by atoms with Gasteiger partial charge in [0.1, 0.15) is 15.5 Å². The van der Waals surface area contributed by atoms with Gasteiger partial charge in [-0.25, -0.2) is 9.97 Å². The van der Waals surface area contributed by atoms with Gasteiger partial charge in [-0.2, -0.15) is 0 Å². The zero-order valence-electron chi connectivity index (χ0n) is 6.47. The van der Waals surface area contributed by atoms with E-state index in [2.05, 4.69) is 32.8 Å². The third-order valence-corrected chi connectivity index (χ3v) is 2.28. The molecular weight excluding hydrogens is 224 g/mol. The fourth-order valence-electron chi connectivity index (χ4n) is 0.727. The maximum absolute atomic E-state index is 4.25. The number of hydrogen-bond donors (Lipinski definition) is 0. The number of thioether (sulfide) groups is 1. The first-order chi connectivity index (χ1) is 5.22. The number of nitrogens with zero attached hydrogens (tertiary/aromatic N) is 2. The van der Waals surface area contributed by atoms with Gasteiger partial charge in [0.2, 0.25) is 0 Å². The smallest absolute Gasteiger partial charge is 0.127 e. The van der Waals surface area contributed by atoms with Crippen LogP contribution in [0.2, 0.25) is 0 Å². The number of rotatable bonds is 2. The highest BCUT2D eigenvalue weighted by Crippen LogP contribution is 2.17. The van der Waals surface area contributed by atoms with Crippen LogP contribution in [-0.2, 0) is 0 Å². The van der Waals surface area contributed by atoms with Crippen LogP contribution in [0.4, 0.5) is 0 Å². The molecule has 0 unspecified atom stereocenters. The van der Waals surface area contributed by atoms with E-state index in [4.69, 9.17) is 0 Å². The van der Waals surface area contributed by atoms with Crippen molar-refractivity contribution in [2.45, 2.75) is 18.9 Å². The minimum atomic E-state index is 0.815. The molecule has 0 bridgehead atoms. The zero-order chi connectivity index (χ0) is 8.27. The first kappa shape index (κ1) is 9.00. The molecule has 60 valence electrons. The van der Waals surface area contributed by atoms with Crippen LogP contribution in [0.25, 0.3) is 0 Å². The molecule has 0 saturated heterocycles. The van der Waals surface area contributed by atoms with Gasteiger partial charge in [-0.1, -0.05) is 6.92 Å². The molecule has 1 rings (SSSR count). The molecule has 0 aliphatic carbocycles. The second-order valence-electron chi connectivity index (χ2n) is 2.01. The number of hydrogen-bond acceptors (Lipinski definition) is 3. The summed E-state index contributed by atoms with van der Waals surface area (Å²) in [4.78, 5) is 8.35. The Kier molecular flexibility index (Phi) is 3.33. The van der Waals surface area contributed by atoms with Gasteiger partial charge in [-0.05, 0) is 28.6 Å². The Morgan fingerprint density at radius 2 is 2.27 bits per heavy atom. The third kappa shape index (κ3) is 2.79. The molecule has 0 spiro atoms. The second kappa shape index (κ2) is 4.07. The molecule has 0 radical (unpaired) electrons. The van der Waals surface area contributed by atoms with Crippen LogP contribution in [0.3, 0.4) is 0 Å². The molecule has 1 aromatic heterocycles. The summed E-state index contributed by atoms with van der Waals surface area (Å²) in [5, 5.41) is 1.03. The van der Waals surface area contributed by atoms with E-state index in [-0.39, 0.29) is 0 Å². The maximum Gasteiger partial charge on any atom is 0.127 e. The molecule has 0 N–H and O–H groups in total. The molecule has 0 aromatic carbocycles. The van der Waals surface area contributed by atoms with Gasteiger partial charge in [0.15, 0.2) is 0 Å². The lowest BCUT2D eigenvalue weighted by atomic mass is 10.6. The van der Waals surface area contributed by atoms with Crippen LogP contribution in [0.1, 0.15) is 12.7 Å². The van der Waals surface area contributed by atoms with E-state index in [1.807, 2.05) is 13.0 Å². The Morgan fingerprint density at radius 1 is 1.55 bits per heavy atom. The lowest BCUT2D eigenvalue weighted by molar-refractivity contribution is 0.951. The van der Waals surface area contributed by atoms with E-state index in [0.29, 0.717) is 0 Å². The molecule has 2 nitrogen and oxygen atoms in total. The minimum Gasteiger partial charge on any atom is -0.227 e. The van der Waals surface area contributed by atoms with Gasteiger partial charge in [-0.15, -0.1) is 11.8 Å². The van der Waals surface area contributed by atoms with Crippen molar-refractivity contribution in [1.29, 1.82) is 0 Å². The van der Waals surface area contributed by atoms with E-state index >= 15 is 0 Å². The van der Waals surface area contributed by atoms with Crippen molar-refractivity contribution in [3.8, 4) is 0 Å². The van der Waals surface area contributed by atoms with E-state index in [9.17, 15) is 0 Å². The Bertz CT molecular complexity index is 232. The lowest BCUT2D eigenvalue weighted by Gasteiger charge is -1.98. The van der Waals surface area contributed by atoms with Gasteiger partial charge < -0.3 is 0 Å². The average Bonchev–Trinajstić information content (AvgIpc) is 1.85. The van der Waals surface area contributed by atoms with Crippen molar-refractivity contribution >= 4 is 27.7 Å². The predicted molar refractivity (Wildman–Crippen MR) is 50.9 cm³/mol. The molecule has 0 saturated carbocycles. The summed E-state index contributed by atoms with van der Waals surface area (Å²) in [6.07, 6.45) is 0. The normalized spacial score (nSPS) is 10.1. The SMILES string of the molecule is CCSc1cc(Br)nc(C)n1. The monoisotopic (exact) mass is 232 g/mol. The molecule has 4 heteroatoms. The number of aryl methyl sites for hydroxylation is 1. The van der Waals surface area contributed by atoms with Crippen LogP contribution in [0.5, 0.6) is 0 Å². The van der Waals surface area contributed by atoms with Crippen molar-refractivity contribution in [3.05, 3.63) is 16.5 Å². The summed E-state index contributed by atoms with van der Waals surface area (Å²) >= 11 is 5.04. The molecule has 1 aromatic rings. The van der Waals surface area contributed by atoms with E-state index in [1.165, 1.54) is 0 Å². The first-order valence-corrected chi connectivity index (χ1v) is 5.14. The topological polar surface area (TPSA) is 25.8 Å². The van der Waals surface area contributed by atoms with Gasteiger partial charge in [0.05, 0.1) is 0 Å². The fourth-order valence-corrected chi connectivity index (χ4v) is 2.04. The van der Waals surface area contributed by atoms with E-state index in [1.54, 1.807) is 11.8 Å². The van der Waals surface area contributed by atoms with Crippen molar-refractivity contribution in [1.82, 2.24) is 9.97 Å². The summed E-state index contributed by atoms with van der Waals surface area (Å²) < 4.78 is 0.862. The molecule has 0 aliphatic rings. The Morgan fingerprint density at radius 3 is 2.82 bits per heavy atom. The van der Waals surface area contributed by atoms with Crippen molar-refractivity contribution < 1.29 is 0 Å². The first-order valence-electron chi connectivity index (χ1n) is 3.36. The van der Waals surface area contributed by atoms with Gasteiger partial charge in [0, 0.05) is 6.07 Å². The molecule has 0 amide bonds. The van der Waals surface area contributed by atoms with Crippen LogP contribution in [0.15, 0.2) is 15.7 Å². The summed E-state index contributed by atoms with van der Waals surface area (Å²) in [6.45, 7) is 4.00. The molecule has 0 fully saturated rings. The number of halogens is 1. The summed E-state index contributed by atoms with van der Waals surface area (Å²) in [5.41, 5.74) is 0. The lowest BCUT2D eigenvalue weighted by Crippen LogP contribution is -1.89. The van der Waals surface area contributed by atoms with Crippen LogP contribution >= 0.6 is 27.7 Å². The Balaban J connectivity index is 2.89. The van der Waals surface area contributed by atoms with Gasteiger partial charge >= 0.3 is 0 Å². The Labute approximate surface area is 79.0 Å². The van der Waals surface area contributed by atoms with Crippen LogP contribution in [-0.4, -0.2) is 15.7 Å². The highest BCUT2D eigenvalue weighted by atomic mass is 79.9. The molecule has 0 atom stereocenters. The van der Waals surface area contributed by atoms with E-state index < -0.39 is 0 Å². The largest absolute Gasteiger partial charge is 0.227 e. The highest BCUT2D eigenvalue weighted by molar-refractivity contribution is 9.10. The molecular formula is C7H9BrN2S. The summed E-state index contributed by atoms with van der Waals surface area (Å²) in [6, 6.07) is 1.93. The second-order valence-corrected chi connectivity index (χ2v) is 4.11. The van der Waals surface area contributed by atoms with Crippen molar-refractivity contribution in [3.63, 3.8) is 0 Å². The van der Waals surface area contributed by atoms with Crippen molar-refractivity contribution in [2.75, 3.05) is 5.75 Å². The van der Waals surface area contributed by atoms with E-state index in [0.717, 1.165) is 21.2 Å². The zero-order valence-corrected chi connectivity index (χ0v) is 8.87. The van der Waals surface area contributed by atoms with Gasteiger partial charge in [-0.3, -0.25) is 0 Å². The van der Waals surface area contributed by atoms with Gasteiger partial charge in [0.25, 0.3) is 0 Å². The molecule has 1 heterocycles. The van der Waals surface area contributed by atoms with Crippen LogP contribution < -0.4 is 0 Å². The minimum absolute atomic E-state index is 0.815. The summed E-state index contributed by atoms with van der Waals surface area (Å²) in [7, 11) is 0. The number of aromatic nitrogens is 2. The molecule has 0 aliphatic heterocycles. The summed E-state index contributed by atoms with van der Waals surface area (Å²) in [5.74, 6) is 1.86. The fraction of sp³-hybridized carbons (Fsp3) is 0.429. The molecule has 11 heavy (non-hydrogen) atoms. The quantitative estimate of drug-likeness (QED) is 0.580. The third-order valence-electron chi connectivity index (χ3n) is 1.08. The highest BCUT2D eigenvalue weighted by Gasteiger charge is 1.97. The maximum atomic E-state index is 4.25. The van der Waals surface area contributed by atoms with Crippen molar-refractivity contribution in [2.24, 2.45) is 0 Å². The Hall–Kier alpha value is -0.0900. The average molecular weight is 233 g/mol.